The predicted molar refractivity (Wildman–Crippen MR) is 97.7 cm³/mol. The van der Waals surface area contributed by atoms with Crippen LogP contribution in [0.3, 0.4) is 0 Å². The zero-order chi connectivity index (χ0) is 19.4. The Morgan fingerprint density at radius 1 is 1.11 bits per heavy atom. The van der Waals surface area contributed by atoms with Crippen molar-refractivity contribution in [2.24, 2.45) is 0 Å². The van der Waals surface area contributed by atoms with E-state index in [4.69, 9.17) is 9.47 Å². The molecule has 1 atom stereocenters. The molecular weight excluding hydrogens is 374 g/mol. The molecule has 1 heterocycles. The van der Waals surface area contributed by atoms with Gasteiger partial charge >= 0.3 is 5.69 Å². The third-order valence-electron chi connectivity index (χ3n) is 3.66. The maximum Gasteiger partial charge on any atom is 0.326 e. The third-order valence-corrected chi connectivity index (χ3v) is 4.36. The highest BCUT2D eigenvalue weighted by Gasteiger charge is 2.14. The Hall–Kier alpha value is -3.24. The first kappa shape index (κ1) is 18.5. The van der Waals surface area contributed by atoms with Crippen molar-refractivity contribution in [2.45, 2.75) is 6.54 Å². The van der Waals surface area contributed by atoms with Gasteiger partial charge < -0.3 is 24.1 Å². The highest BCUT2D eigenvalue weighted by molar-refractivity contribution is 7.80. The Labute approximate surface area is 156 Å². The topological polar surface area (TPSA) is 131 Å². The zero-order valence-corrected chi connectivity index (χ0v) is 15.0. The lowest BCUT2D eigenvalue weighted by molar-refractivity contribution is 0.413. The van der Waals surface area contributed by atoms with Gasteiger partial charge in [-0.05, 0) is 36.4 Å². The normalized spacial score (nSPS) is 11.8. The van der Waals surface area contributed by atoms with Gasteiger partial charge in [0.1, 0.15) is 22.9 Å². The van der Waals surface area contributed by atoms with Crippen LogP contribution in [0.4, 0.5) is 5.69 Å². The molecule has 10 heteroatoms. The van der Waals surface area contributed by atoms with E-state index < -0.39 is 22.8 Å². The Kier molecular flexibility index (Phi) is 5.48. The smallest absolute Gasteiger partial charge is 0.326 e. The summed E-state index contributed by atoms with van der Waals surface area (Å²) < 4.78 is 35.1. The number of nitrogens with zero attached hydrogens (tertiary/aromatic N) is 1. The Bertz CT molecular complexity index is 998. The van der Waals surface area contributed by atoms with Gasteiger partial charge in [0.2, 0.25) is 5.88 Å². The maximum absolute atomic E-state index is 11.6. The number of hydrogen-bond donors (Lipinski definition) is 3. The van der Waals surface area contributed by atoms with Crippen LogP contribution in [-0.4, -0.2) is 30.9 Å². The summed E-state index contributed by atoms with van der Waals surface area (Å²) in [5.41, 5.74) is -0.280. The lowest BCUT2D eigenvalue weighted by Gasteiger charge is -2.26. The van der Waals surface area contributed by atoms with Crippen molar-refractivity contribution in [1.29, 1.82) is 0 Å². The Morgan fingerprint density at radius 2 is 1.81 bits per heavy atom. The van der Waals surface area contributed by atoms with Crippen molar-refractivity contribution in [3.8, 4) is 23.1 Å². The highest BCUT2D eigenvalue weighted by atomic mass is 32.2. The number of H-pyrrole nitrogens is 2. The molecule has 0 aliphatic carbocycles. The molecule has 0 amide bonds. The fourth-order valence-electron chi connectivity index (χ4n) is 2.38. The summed E-state index contributed by atoms with van der Waals surface area (Å²) in [7, 11) is 1.56. The quantitative estimate of drug-likeness (QED) is 0.529. The van der Waals surface area contributed by atoms with Crippen LogP contribution in [0.1, 0.15) is 5.69 Å². The largest absolute Gasteiger partial charge is 0.755 e. The third kappa shape index (κ3) is 4.49. The first-order valence-electron chi connectivity index (χ1n) is 7.75. The van der Waals surface area contributed by atoms with E-state index in [1.54, 1.807) is 49.6 Å². The molecule has 142 valence electrons. The number of methoxy groups -OCH3 is 1. The minimum atomic E-state index is -2.65. The van der Waals surface area contributed by atoms with Gasteiger partial charge in [0.25, 0.3) is 0 Å². The van der Waals surface area contributed by atoms with Crippen molar-refractivity contribution >= 4 is 17.0 Å². The van der Waals surface area contributed by atoms with E-state index in [-0.39, 0.29) is 12.2 Å². The molecule has 0 radical (unpaired) electrons. The number of imidazole rings is 1. The van der Waals surface area contributed by atoms with E-state index in [0.29, 0.717) is 22.9 Å². The Balaban J connectivity index is 1.83. The second-order valence-corrected chi connectivity index (χ2v) is 6.31. The average Bonchev–Trinajstić information content (AvgIpc) is 2.97. The number of aromatic nitrogens is 2. The van der Waals surface area contributed by atoms with Crippen molar-refractivity contribution in [1.82, 2.24) is 9.97 Å². The SMILES string of the molecule is COc1ccc(Oc2cccc(N(Cc3[nH]c(=O)[nH]c3O)S(=O)[O-])c2)cc1. The van der Waals surface area contributed by atoms with Crippen LogP contribution in [-0.2, 0) is 17.8 Å². The molecule has 1 unspecified atom stereocenters. The van der Waals surface area contributed by atoms with Crippen LogP contribution in [0.15, 0.2) is 53.3 Å². The molecule has 9 nitrogen and oxygen atoms in total. The lowest BCUT2D eigenvalue weighted by Crippen LogP contribution is -2.25. The summed E-state index contributed by atoms with van der Waals surface area (Å²) in [6.45, 7) is -0.257. The molecule has 0 spiro atoms. The summed E-state index contributed by atoms with van der Waals surface area (Å²) in [6, 6.07) is 13.3. The van der Waals surface area contributed by atoms with Crippen LogP contribution in [0.2, 0.25) is 0 Å². The number of hydrogen-bond acceptors (Lipinski definition) is 6. The molecule has 1 aromatic heterocycles. The number of nitrogens with one attached hydrogen (secondary N) is 2. The molecule has 0 aliphatic rings. The van der Waals surface area contributed by atoms with E-state index in [1.807, 2.05) is 0 Å². The summed E-state index contributed by atoms with van der Waals surface area (Å²) in [4.78, 5) is 15.7. The number of anilines is 1. The van der Waals surface area contributed by atoms with E-state index in [9.17, 15) is 18.7 Å². The summed E-state index contributed by atoms with van der Waals surface area (Å²) in [6.07, 6.45) is 0. The highest BCUT2D eigenvalue weighted by Crippen LogP contribution is 2.28. The lowest BCUT2D eigenvalue weighted by atomic mass is 10.3. The van der Waals surface area contributed by atoms with E-state index in [1.165, 1.54) is 6.07 Å². The molecule has 27 heavy (non-hydrogen) atoms. The van der Waals surface area contributed by atoms with E-state index in [0.717, 1.165) is 4.31 Å². The number of rotatable bonds is 7. The fourth-order valence-corrected chi connectivity index (χ4v) is 2.90. The second kappa shape index (κ2) is 7.98. The monoisotopic (exact) mass is 390 g/mol. The van der Waals surface area contributed by atoms with E-state index in [2.05, 4.69) is 9.97 Å². The molecule has 0 saturated carbocycles. The van der Waals surface area contributed by atoms with Gasteiger partial charge in [0, 0.05) is 17.3 Å². The number of ether oxygens (including phenoxy) is 2. The Morgan fingerprint density at radius 3 is 2.41 bits per heavy atom. The standard InChI is InChI=1S/C17H17N3O6S/c1-25-12-5-7-13(8-6-12)26-14-4-2-3-11(9-14)20(27(23)24)10-15-16(21)19-17(22)18-15/h2-9,21H,10H2,1H3,(H,23,24)(H2,18,19,22)/p-1. The van der Waals surface area contributed by atoms with Crippen LogP contribution < -0.4 is 19.5 Å². The zero-order valence-electron chi connectivity index (χ0n) is 14.2. The summed E-state index contributed by atoms with van der Waals surface area (Å²) in [5, 5.41) is 9.65. The molecule has 0 aliphatic heterocycles. The van der Waals surface area contributed by atoms with Crippen molar-refractivity contribution in [3.05, 3.63) is 64.7 Å². The van der Waals surface area contributed by atoms with Gasteiger partial charge in [0.15, 0.2) is 0 Å². The van der Waals surface area contributed by atoms with Gasteiger partial charge in [-0.25, -0.2) is 4.79 Å². The van der Waals surface area contributed by atoms with Crippen LogP contribution in [0, 0.1) is 0 Å². The van der Waals surface area contributed by atoms with Crippen molar-refractivity contribution in [3.63, 3.8) is 0 Å². The number of benzene rings is 2. The minimum Gasteiger partial charge on any atom is -0.755 e. The van der Waals surface area contributed by atoms with Gasteiger partial charge in [-0.1, -0.05) is 6.07 Å². The molecule has 0 saturated heterocycles. The first-order valence-corrected chi connectivity index (χ1v) is 8.78. The molecular formula is C17H16N3O6S-. The van der Waals surface area contributed by atoms with Gasteiger partial charge in [-0.15, -0.1) is 0 Å². The molecule has 3 aromatic rings. The van der Waals surface area contributed by atoms with Crippen LogP contribution in [0.25, 0.3) is 0 Å². The molecule has 3 N–H and O–H groups in total. The van der Waals surface area contributed by atoms with Crippen LogP contribution >= 0.6 is 0 Å². The number of aromatic hydroxyl groups is 1. The minimum absolute atomic E-state index is 0.0469. The van der Waals surface area contributed by atoms with Gasteiger partial charge in [-0.2, -0.15) is 0 Å². The van der Waals surface area contributed by atoms with Gasteiger partial charge in [-0.3, -0.25) is 13.5 Å². The van der Waals surface area contributed by atoms with Crippen molar-refractivity contribution < 1.29 is 23.3 Å². The van der Waals surface area contributed by atoms with Gasteiger partial charge in [0.05, 0.1) is 19.3 Å². The molecule has 3 rings (SSSR count). The maximum atomic E-state index is 11.6. The number of aromatic amines is 2. The first-order chi connectivity index (χ1) is 13.0. The van der Waals surface area contributed by atoms with E-state index >= 15 is 0 Å². The van der Waals surface area contributed by atoms with Crippen molar-refractivity contribution in [2.75, 3.05) is 11.4 Å². The molecule has 0 bridgehead atoms. The summed E-state index contributed by atoms with van der Waals surface area (Å²) >= 11 is -2.65. The predicted octanol–water partition coefficient (Wildman–Crippen LogP) is 2.01. The molecule has 2 aromatic carbocycles. The second-order valence-electron chi connectivity index (χ2n) is 5.43. The average molecular weight is 390 g/mol. The van der Waals surface area contributed by atoms with Crippen LogP contribution in [0.5, 0.6) is 23.1 Å². The summed E-state index contributed by atoms with van der Waals surface area (Å²) in [5.74, 6) is 1.24. The molecule has 0 fully saturated rings. The fraction of sp³-hybridized carbons (Fsp3) is 0.118.